The fourth-order valence-corrected chi connectivity index (χ4v) is 1.43. The van der Waals surface area contributed by atoms with Gasteiger partial charge in [0, 0.05) is 18.8 Å². The molecule has 0 aliphatic carbocycles. The normalized spacial score (nSPS) is 11.9. The molecular weight excluding hydrogens is 232 g/mol. The minimum absolute atomic E-state index is 0.137. The second-order valence-corrected chi connectivity index (χ2v) is 3.76. The van der Waals surface area contributed by atoms with E-state index in [1.54, 1.807) is 19.4 Å². The molecule has 2 rings (SSSR count). The molecule has 0 spiro atoms. The number of rotatable bonds is 4. The van der Waals surface area contributed by atoms with Crippen LogP contribution < -0.4 is 10.6 Å². The highest BCUT2D eigenvalue weighted by Gasteiger charge is 2.13. The van der Waals surface area contributed by atoms with Crippen molar-refractivity contribution >= 4 is 11.7 Å². The lowest BCUT2D eigenvalue weighted by atomic mass is 10.2. The number of carbonyl (C=O) groups is 1. The third-order valence-electron chi connectivity index (χ3n) is 2.51. The van der Waals surface area contributed by atoms with Crippen LogP contribution in [-0.2, 0) is 0 Å². The summed E-state index contributed by atoms with van der Waals surface area (Å²) in [6.45, 7) is 1.87. The van der Waals surface area contributed by atoms with E-state index in [2.05, 4.69) is 30.8 Å². The van der Waals surface area contributed by atoms with Gasteiger partial charge in [0.1, 0.15) is 11.5 Å². The zero-order valence-corrected chi connectivity index (χ0v) is 10.1. The zero-order valence-electron chi connectivity index (χ0n) is 10.1. The Morgan fingerprint density at radius 2 is 2.17 bits per heavy atom. The first-order valence-corrected chi connectivity index (χ1v) is 5.50. The molecule has 0 aliphatic heterocycles. The zero-order chi connectivity index (χ0) is 13.0. The Bertz CT molecular complexity index is 507. The number of hydrogen-bond acceptors (Lipinski definition) is 5. The van der Waals surface area contributed by atoms with E-state index in [-0.39, 0.29) is 17.6 Å². The Labute approximate surface area is 104 Å². The van der Waals surface area contributed by atoms with Crippen molar-refractivity contribution in [3.05, 3.63) is 36.0 Å². The lowest BCUT2D eigenvalue weighted by Gasteiger charge is -2.11. The van der Waals surface area contributed by atoms with E-state index in [0.717, 1.165) is 5.56 Å². The van der Waals surface area contributed by atoms with Crippen LogP contribution in [0.2, 0.25) is 0 Å². The average molecular weight is 246 g/mol. The lowest BCUT2D eigenvalue weighted by Crippen LogP contribution is -2.27. The first kappa shape index (κ1) is 12.0. The van der Waals surface area contributed by atoms with Crippen molar-refractivity contribution in [2.45, 2.75) is 13.0 Å². The number of carbonyl (C=O) groups excluding carboxylic acids is 1. The molecule has 0 aliphatic rings. The van der Waals surface area contributed by atoms with Crippen LogP contribution in [0.15, 0.2) is 24.8 Å². The van der Waals surface area contributed by atoms with E-state index >= 15 is 0 Å². The van der Waals surface area contributed by atoms with Crippen LogP contribution in [0.5, 0.6) is 0 Å². The van der Waals surface area contributed by atoms with Gasteiger partial charge in [0.2, 0.25) is 0 Å². The molecule has 3 N–H and O–H groups in total. The average Bonchev–Trinajstić information content (AvgIpc) is 2.92. The molecule has 1 unspecified atom stereocenters. The molecule has 0 radical (unpaired) electrons. The van der Waals surface area contributed by atoms with E-state index in [9.17, 15) is 4.79 Å². The van der Waals surface area contributed by atoms with E-state index in [4.69, 9.17) is 0 Å². The summed E-state index contributed by atoms with van der Waals surface area (Å²) >= 11 is 0. The maximum absolute atomic E-state index is 11.9. The van der Waals surface area contributed by atoms with E-state index in [1.807, 2.05) is 6.92 Å². The summed E-state index contributed by atoms with van der Waals surface area (Å²) in [5.41, 5.74) is 1.19. The Kier molecular flexibility index (Phi) is 3.52. The monoisotopic (exact) mass is 246 g/mol. The fraction of sp³-hybridized carbons (Fsp3) is 0.273. The van der Waals surface area contributed by atoms with Crippen molar-refractivity contribution in [2.24, 2.45) is 0 Å². The molecule has 1 atom stereocenters. The molecule has 0 fully saturated rings. The minimum Gasteiger partial charge on any atom is -0.372 e. The highest BCUT2D eigenvalue weighted by Crippen LogP contribution is 2.10. The molecule has 2 aromatic heterocycles. The van der Waals surface area contributed by atoms with E-state index in [0.29, 0.717) is 5.82 Å². The van der Waals surface area contributed by atoms with Crippen LogP contribution >= 0.6 is 0 Å². The number of aromatic nitrogens is 4. The van der Waals surface area contributed by atoms with Gasteiger partial charge in [0.05, 0.1) is 24.6 Å². The standard InChI is InChI=1S/C11H14N6O/c1-7(8-3-15-16-4-8)17-11(18)9-5-14-10(12-2)6-13-9/h3-7H,1-2H3,(H,12,14)(H,15,16)(H,17,18). The van der Waals surface area contributed by atoms with Crippen LogP contribution in [0.1, 0.15) is 29.0 Å². The predicted octanol–water partition coefficient (Wildman–Crippen LogP) is 0.732. The molecule has 0 aromatic carbocycles. The predicted molar refractivity (Wildman–Crippen MR) is 66.0 cm³/mol. The Morgan fingerprint density at radius 3 is 2.72 bits per heavy atom. The quantitative estimate of drug-likeness (QED) is 0.739. The summed E-state index contributed by atoms with van der Waals surface area (Å²) in [5, 5.41) is 12.2. The number of amides is 1. The Balaban J connectivity index is 2.03. The van der Waals surface area contributed by atoms with Gasteiger partial charge in [-0.15, -0.1) is 0 Å². The second kappa shape index (κ2) is 5.26. The SMILES string of the molecule is CNc1cnc(C(=O)NC(C)c2cn[nH]c2)cn1. The van der Waals surface area contributed by atoms with Gasteiger partial charge >= 0.3 is 0 Å². The maximum Gasteiger partial charge on any atom is 0.271 e. The van der Waals surface area contributed by atoms with Crippen LogP contribution in [0.4, 0.5) is 5.82 Å². The Morgan fingerprint density at radius 1 is 1.33 bits per heavy atom. The smallest absolute Gasteiger partial charge is 0.271 e. The molecule has 0 saturated carbocycles. The van der Waals surface area contributed by atoms with Crippen molar-refractivity contribution in [3.63, 3.8) is 0 Å². The highest BCUT2D eigenvalue weighted by atomic mass is 16.1. The third-order valence-corrected chi connectivity index (χ3v) is 2.51. The van der Waals surface area contributed by atoms with Crippen LogP contribution in [-0.4, -0.2) is 33.1 Å². The van der Waals surface area contributed by atoms with Crippen molar-refractivity contribution < 1.29 is 4.79 Å². The summed E-state index contributed by atoms with van der Waals surface area (Å²) in [6.07, 6.45) is 6.35. The minimum atomic E-state index is -0.265. The third kappa shape index (κ3) is 2.62. The van der Waals surface area contributed by atoms with Crippen LogP contribution in [0.25, 0.3) is 0 Å². The molecule has 2 aromatic rings. The summed E-state index contributed by atoms with van der Waals surface area (Å²) in [5.74, 6) is 0.355. The van der Waals surface area contributed by atoms with Gasteiger partial charge in [-0.1, -0.05) is 0 Å². The molecule has 2 heterocycles. The molecular formula is C11H14N6O. The van der Waals surface area contributed by atoms with Gasteiger partial charge in [-0.2, -0.15) is 5.10 Å². The van der Waals surface area contributed by atoms with Crippen molar-refractivity contribution in [1.82, 2.24) is 25.5 Å². The number of hydrogen-bond donors (Lipinski definition) is 3. The van der Waals surface area contributed by atoms with Gasteiger partial charge < -0.3 is 10.6 Å². The molecule has 94 valence electrons. The van der Waals surface area contributed by atoms with Gasteiger partial charge in [-0.25, -0.2) is 9.97 Å². The van der Waals surface area contributed by atoms with Gasteiger partial charge in [0.25, 0.3) is 5.91 Å². The number of nitrogens with zero attached hydrogens (tertiary/aromatic N) is 3. The maximum atomic E-state index is 11.9. The summed E-state index contributed by atoms with van der Waals surface area (Å²) in [6, 6.07) is -0.137. The van der Waals surface area contributed by atoms with Crippen molar-refractivity contribution in [1.29, 1.82) is 0 Å². The number of nitrogens with one attached hydrogen (secondary N) is 3. The number of H-pyrrole nitrogens is 1. The fourth-order valence-electron chi connectivity index (χ4n) is 1.43. The van der Waals surface area contributed by atoms with Gasteiger partial charge in [-0.3, -0.25) is 9.89 Å². The second-order valence-electron chi connectivity index (χ2n) is 3.76. The Hall–Kier alpha value is -2.44. The number of anilines is 1. The summed E-state index contributed by atoms with van der Waals surface area (Å²) in [4.78, 5) is 19.9. The van der Waals surface area contributed by atoms with Gasteiger partial charge in [-0.05, 0) is 6.92 Å². The van der Waals surface area contributed by atoms with Crippen molar-refractivity contribution in [2.75, 3.05) is 12.4 Å². The summed E-state index contributed by atoms with van der Waals surface area (Å²) < 4.78 is 0. The molecule has 0 saturated heterocycles. The molecule has 7 nitrogen and oxygen atoms in total. The topological polar surface area (TPSA) is 95.6 Å². The summed E-state index contributed by atoms with van der Waals surface area (Å²) in [7, 11) is 1.74. The largest absolute Gasteiger partial charge is 0.372 e. The van der Waals surface area contributed by atoms with Gasteiger partial charge in [0.15, 0.2) is 0 Å². The highest BCUT2D eigenvalue weighted by molar-refractivity contribution is 5.92. The van der Waals surface area contributed by atoms with E-state index < -0.39 is 0 Å². The van der Waals surface area contributed by atoms with Crippen LogP contribution in [0, 0.1) is 0 Å². The molecule has 18 heavy (non-hydrogen) atoms. The number of aromatic amines is 1. The first-order chi connectivity index (χ1) is 8.70. The lowest BCUT2D eigenvalue weighted by molar-refractivity contribution is 0.0934. The molecule has 0 bridgehead atoms. The van der Waals surface area contributed by atoms with Crippen molar-refractivity contribution in [3.8, 4) is 0 Å². The molecule has 1 amide bonds. The molecule has 7 heteroatoms. The van der Waals surface area contributed by atoms with Crippen LogP contribution in [0.3, 0.4) is 0 Å². The first-order valence-electron chi connectivity index (χ1n) is 5.50. The van der Waals surface area contributed by atoms with E-state index in [1.165, 1.54) is 12.4 Å².